The van der Waals surface area contributed by atoms with Crippen molar-refractivity contribution >= 4 is 52.4 Å². The maximum atomic E-state index is 12.8. The average Bonchev–Trinajstić information content (AvgIpc) is 3.59. The summed E-state index contributed by atoms with van der Waals surface area (Å²) in [6.07, 6.45) is 0.00137. The molecule has 0 aliphatic carbocycles. The van der Waals surface area contributed by atoms with E-state index in [-0.39, 0.29) is 28.7 Å². The van der Waals surface area contributed by atoms with Gasteiger partial charge < -0.3 is 14.8 Å². The van der Waals surface area contributed by atoms with E-state index in [2.05, 4.69) is 25.1 Å². The molecule has 10 nitrogen and oxygen atoms in total. The minimum atomic E-state index is -4.77. The summed E-state index contributed by atoms with van der Waals surface area (Å²) in [5.74, 6) is 0.524. The fourth-order valence-corrected chi connectivity index (χ4v) is 5.06. The zero-order valence-corrected chi connectivity index (χ0v) is 25.1. The molecule has 0 bridgehead atoms. The van der Waals surface area contributed by atoms with E-state index in [9.17, 15) is 22.8 Å². The highest BCUT2D eigenvalue weighted by molar-refractivity contribution is 8.15. The predicted molar refractivity (Wildman–Crippen MR) is 167 cm³/mol. The Morgan fingerprint density at radius 2 is 1.80 bits per heavy atom. The van der Waals surface area contributed by atoms with Crippen LogP contribution in [-0.4, -0.2) is 50.1 Å². The first-order valence-corrected chi connectivity index (χ1v) is 14.6. The number of nitrogens with zero attached hydrogens (tertiary/aromatic N) is 5. The summed E-state index contributed by atoms with van der Waals surface area (Å²) in [5.41, 5.74) is 3.27. The molecule has 4 aromatic rings. The number of benzene rings is 3. The summed E-state index contributed by atoms with van der Waals surface area (Å²) in [5, 5.41) is 7.29. The number of aryl methyl sites for hydroxylation is 1. The molecule has 0 atom stereocenters. The van der Waals surface area contributed by atoms with Crippen molar-refractivity contribution in [2.24, 2.45) is 4.99 Å². The fourth-order valence-electron chi connectivity index (χ4n) is 4.20. The molecule has 1 aliphatic rings. The highest BCUT2D eigenvalue weighted by Crippen LogP contribution is 2.36. The number of amidine groups is 1. The summed E-state index contributed by atoms with van der Waals surface area (Å²) in [7, 11) is 0. The van der Waals surface area contributed by atoms with Crippen LogP contribution in [0, 0.1) is 6.92 Å². The highest BCUT2D eigenvalue weighted by Gasteiger charge is 2.33. The Kier molecular flexibility index (Phi) is 9.23. The molecule has 0 saturated carbocycles. The van der Waals surface area contributed by atoms with E-state index in [1.54, 1.807) is 42.5 Å². The maximum absolute atomic E-state index is 12.8. The molecular formula is C31H27F3N6O4S. The monoisotopic (exact) mass is 636 g/mol. The Balaban J connectivity index is 1.22. The van der Waals surface area contributed by atoms with Crippen LogP contribution in [0.3, 0.4) is 0 Å². The topological polar surface area (TPSA) is 111 Å². The Hall–Kier alpha value is -5.11. The fraction of sp³-hybridized carbons (Fsp3) is 0.194. The molecule has 45 heavy (non-hydrogen) atoms. The molecule has 1 fully saturated rings. The van der Waals surface area contributed by atoms with Crippen molar-refractivity contribution in [3.8, 4) is 17.2 Å². The lowest BCUT2D eigenvalue weighted by Crippen LogP contribution is -2.31. The van der Waals surface area contributed by atoms with E-state index in [1.165, 1.54) is 51.9 Å². The third kappa shape index (κ3) is 8.29. The summed E-state index contributed by atoms with van der Waals surface area (Å²) < 4.78 is 48.3. The van der Waals surface area contributed by atoms with Crippen molar-refractivity contribution in [2.45, 2.75) is 33.2 Å². The van der Waals surface area contributed by atoms with E-state index in [1.807, 2.05) is 32.9 Å². The van der Waals surface area contributed by atoms with Gasteiger partial charge in [0.05, 0.1) is 23.2 Å². The summed E-state index contributed by atoms with van der Waals surface area (Å²) in [4.78, 5) is 35.4. The second-order valence-corrected chi connectivity index (χ2v) is 11.0. The van der Waals surface area contributed by atoms with Crippen LogP contribution in [0.1, 0.15) is 30.8 Å². The molecule has 2 heterocycles. The van der Waals surface area contributed by atoms with Crippen LogP contribution in [0.5, 0.6) is 11.5 Å². The smallest absolute Gasteiger partial charge is 0.489 e. The van der Waals surface area contributed by atoms with Gasteiger partial charge in [0.1, 0.15) is 17.8 Å². The van der Waals surface area contributed by atoms with Crippen LogP contribution in [0.25, 0.3) is 17.8 Å². The number of aliphatic imine (C=N–C) groups is 1. The van der Waals surface area contributed by atoms with Crippen molar-refractivity contribution in [2.75, 3.05) is 16.0 Å². The van der Waals surface area contributed by atoms with E-state index >= 15 is 0 Å². The SMILES string of the molecule is Cc1ccc(OC(C)C)c(N2C(=O)CSC2=NC(=O)Nc2ccc(C=Cc3ncn(-c4ccc(OC(F)(F)F)cc4)n3)cc2)c1. The van der Waals surface area contributed by atoms with Crippen LogP contribution in [0.2, 0.25) is 0 Å². The number of rotatable bonds is 8. The van der Waals surface area contributed by atoms with Crippen molar-refractivity contribution in [3.63, 3.8) is 0 Å². The molecule has 3 aromatic carbocycles. The number of halogens is 3. The average molecular weight is 637 g/mol. The predicted octanol–water partition coefficient (Wildman–Crippen LogP) is 7.10. The highest BCUT2D eigenvalue weighted by atomic mass is 32.2. The molecule has 3 amide bonds. The summed E-state index contributed by atoms with van der Waals surface area (Å²) in [6, 6.07) is 17.1. The number of urea groups is 1. The van der Waals surface area contributed by atoms with Crippen molar-refractivity contribution in [1.82, 2.24) is 14.8 Å². The third-order valence-electron chi connectivity index (χ3n) is 6.11. The van der Waals surface area contributed by atoms with Crippen molar-refractivity contribution in [1.29, 1.82) is 0 Å². The van der Waals surface area contributed by atoms with E-state index in [4.69, 9.17) is 4.74 Å². The van der Waals surface area contributed by atoms with Gasteiger partial charge in [-0.25, -0.2) is 14.5 Å². The molecule has 1 aromatic heterocycles. The molecule has 232 valence electrons. The Morgan fingerprint density at radius 3 is 2.49 bits per heavy atom. The maximum Gasteiger partial charge on any atom is 0.573 e. The quantitative estimate of drug-likeness (QED) is 0.220. The molecule has 0 spiro atoms. The van der Waals surface area contributed by atoms with Gasteiger partial charge in [0, 0.05) is 5.69 Å². The Labute approximate surface area is 260 Å². The van der Waals surface area contributed by atoms with Gasteiger partial charge in [-0.15, -0.1) is 18.3 Å². The minimum absolute atomic E-state index is 0.108. The van der Waals surface area contributed by atoms with Crippen LogP contribution >= 0.6 is 11.8 Å². The number of thioether (sulfide) groups is 1. The molecule has 1 aliphatic heterocycles. The van der Waals surface area contributed by atoms with Crippen molar-refractivity contribution in [3.05, 3.63) is 90.0 Å². The number of ether oxygens (including phenoxy) is 2. The number of anilines is 2. The largest absolute Gasteiger partial charge is 0.573 e. The Bertz CT molecular complexity index is 1750. The molecular weight excluding hydrogens is 609 g/mol. The number of aromatic nitrogens is 3. The summed E-state index contributed by atoms with van der Waals surface area (Å²) in [6.45, 7) is 5.69. The van der Waals surface area contributed by atoms with E-state index < -0.39 is 12.4 Å². The first kappa shape index (κ1) is 31.3. The minimum Gasteiger partial charge on any atom is -0.489 e. The lowest BCUT2D eigenvalue weighted by atomic mass is 10.2. The van der Waals surface area contributed by atoms with Gasteiger partial charge in [0.25, 0.3) is 0 Å². The number of carbonyl (C=O) groups is 2. The number of nitrogens with one attached hydrogen (secondary N) is 1. The Morgan fingerprint density at radius 1 is 1.07 bits per heavy atom. The number of carbonyl (C=O) groups excluding carboxylic acids is 2. The molecule has 14 heteroatoms. The number of alkyl halides is 3. The number of amides is 3. The molecule has 0 radical (unpaired) electrons. The first-order chi connectivity index (χ1) is 21.4. The number of hydrogen-bond donors (Lipinski definition) is 1. The normalized spacial score (nSPS) is 14.5. The second-order valence-electron chi connectivity index (χ2n) is 10.0. The lowest BCUT2D eigenvalue weighted by Gasteiger charge is -2.21. The van der Waals surface area contributed by atoms with Gasteiger partial charge in [-0.1, -0.05) is 36.0 Å². The lowest BCUT2D eigenvalue weighted by molar-refractivity contribution is -0.274. The molecule has 1 N–H and O–H groups in total. The van der Waals surface area contributed by atoms with Crippen molar-refractivity contribution < 1.29 is 32.2 Å². The standard InChI is InChI=1S/C31H27F3N6O4S/c1-19(2)43-26-14-4-20(3)16-25(26)40-28(41)17-45-30(40)37-29(42)36-22-8-5-21(6-9-22)7-15-27-35-18-39(38-27)23-10-12-24(13-11-23)44-31(32,33)34/h4-16,18-19H,17H2,1-3H3,(H,36,42). The zero-order chi connectivity index (χ0) is 32.1. The first-order valence-electron chi connectivity index (χ1n) is 13.6. The summed E-state index contributed by atoms with van der Waals surface area (Å²) >= 11 is 1.18. The van der Waals surface area contributed by atoms with Gasteiger partial charge in [-0.3, -0.25) is 9.69 Å². The van der Waals surface area contributed by atoms with Gasteiger partial charge in [-0.05, 0) is 86.5 Å². The third-order valence-corrected chi connectivity index (χ3v) is 7.04. The van der Waals surface area contributed by atoms with Crippen LogP contribution in [0.4, 0.5) is 29.3 Å². The van der Waals surface area contributed by atoms with Gasteiger partial charge >= 0.3 is 12.4 Å². The second kappa shape index (κ2) is 13.3. The van der Waals surface area contributed by atoms with Gasteiger partial charge in [-0.2, -0.15) is 4.99 Å². The van der Waals surface area contributed by atoms with Crippen LogP contribution in [-0.2, 0) is 4.79 Å². The molecule has 5 rings (SSSR count). The zero-order valence-electron chi connectivity index (χ0n) is 24.3. The van der Waals surface area contributed by atoms with Crippen LogP contribution in [0.15, 0.2) is 78.0 Å². The van der Waals surface area contributed by atoms with Gasteiger partial charge in [0.15, 0.2) is 11.0 Å². The van der Waals surface area contributed by atoms with E-state index in [0.717, 1.165) is 11.1 Å². The van der Waals surface area contributed by atoms with Crippen LogP contribution < -0.4 is 19.7 Å². The molecule has 0 unspecified atom stereocenters. The molecule has 1 saturated heterocycles. The van der Waals surface area contributed by atoms with E-state index in [0.29, 0.717) is 28.6 Å². The van der Waals surface area contributed by atoms with Gasteiger partial charge in [0.2, 0.25) is 5.91 Å². The number of hydrogen-bond acceptors (Lipinski definition) is 7.